The summed E-state index contributed by atoms with van der Waals surface area (Å²) in [5.74, 6) is 5.04. The molecule has 4 atom stereocenters. The minimum absolute atomic E-state index is 0.615. The fourth-order valence-electron chi connectivity index (χ4n) is 4.69. The third-order valence-electron chi connectivity index (χ3n) is 5.69. The Balaban J connectivity index is 1.34. The van der Waals surface area contributed by atoms with E-state index in [1.807, 2.05) is 12.1 Å². The van der Waals surface area contributed by atoms with Gasteiger partial charge in [-0.05, 0) is 36.2 Å². The zero-order valence-corrected chi connectivity index (χ0v) is 12.7. The molecule has 5 rings (SSSR count). The maximum absolute atomic E-state index is 5.16. The number of hydrogen-bond donors (Lipinski definition) is 1. The predicted molar refractivity (Wildman–Crippen MR) is 83.4 cm³/mol. The lowest BCUT2D eigenvalue weighted by Gasteiger charge is -2.17. The summed E-state index contributed by atoms with van der Waals surface area (Å²) in [5, 5.41) is 0. The van der Waals surface area contributed by atoms with Crippen LogP contribution in [0.3, 0.4) is 0 Å². The monoisotopic (exact) mass is 296 g/mol. The van der Waals surface area contributed by atoms with Gasteiger partial charge in [0.05, 0.1) is 19.2 Å². The molecular weight excluding hydrogens is 276 g/mol. The van der Waals surface area contributed by atoms with Crippen LogP contribution in [0, 0.1) is 23.7 Å². The molecule has 1 aliphatic heterocycles. The highest BCUT2D eigenvalue weighted by Gasteiger charge is 2.48. The van der Waals surface area contributed by atoms with Crippen LogP contribution < -0.4 is 4.74 Å². The second kappa shape index (κ2) is 4.56. The average Bonchev–Trinajstić information content (AvgIpc) is 3.26. The second-order valence-electron chi connectivity index (χ2n) is 6.88. The van der Waals surface area contributed by atoms with E-state index in [0.717, 1.165) is 47.2 Å². The van der Waals surface area contributed by atoms with E-state index in [1.165, 1.54) is 19.5 Å². The molecule has 3 aliphatic rings. The number of hydrogen-bond acceptors (Lipinski definition) is 4. The number of rotatable bonds is 3. The molecule has 2 aliphatic carbocycles. The van der Waals surface area contributed by atoms with E-state index in [9.17, 15) is 0 Å². The van der Waals surface area contributed by atoms with Crippen molar-refractivity contribution in [2.24, 2.45) is 23.7 Å². The predicted octanol–water partition coefficient (Wildman–Crippen LogP) is 2.22. The first kappa shape index (κ1) is 12.6. The molecule has 1 saturated carbocycles. The molecule has 2 aromatic rings. The number of ether oxygens (including phenoxy) is 1. The first-order chi connectivity index (χ1) is 10.8. The van der Waals surface area contributed by atoms with E-state index >= 15 is 0 Å². The molecule has 2 unspecified atom stereocenters. The maximum Gasteiger partial charge on any atom is 0.215 e. The standard InChI is InChI=1S/C17H20N4O/c1-22-16-5-4-14-17(20-16)19-15(18-14)9-21-7-12-10-2-3-11(6-10)13(12)8-21/h2-5,10-13H,6-9H2,1H3,(H,18,19,20)/t10?,11?,12-,13+. The highest BCUT2D eigenvalue weighted by molar-refractivity contribution is 5.71. The molecule has 114 valence electrons. The van der Waals surface area contributed by atoms with Crippen LogP contribution in [0.2, 0.25) is 0 Å². The van der Waals surface area contributed by atoms with Crippen LogP contribution in [0.15, 0.2) is 24.3 Å². The lowest BCUT2D eigenvalue weighted by molar-refractivity contribution is 0.285. The van der Waals surface area contributed by atoms with Gasteiger partial charge in [-0.2, -0.15) is 4.98 Å². The number of allylic oxidation sites excluding steroid dienone is 2. The number of imidazole rings is 1. The Labute approximate surface area is 129 Å². The highest BCUT2D eigenvalue weighted by Crippen LogP contribution is 2.51. The van der Waals surface area contributed by atoms with Crippen molar-refractivity contribution in [1.82, 2.24) is 19.9 Å². The van der Waals surface area contributed by atoms with Crippen LogP contribution in [-0.4, -0.2) is 40.1 Å². The molecule has 2 fully saturated rings. The minimum Gasteiger partial charge on any atom is -0.481 e. The topological polar surface area (TPSA) is 54.0 Å². The van der Waals surface area contributed by atoms with E-state index in [1.54, 1.807) is 7.11 Å². The van der Waals surface area contributed by atoms with E-state index in [0.29, 0.717) is 5.88 Å². The summed E-state index contributed by atoms with van der Waals surface area (Å²) < 4.78 is 5.16. The number of nitrogens with zero attached hydrogens (tertiary/aromatic N) is 3. The first-order valence-electron chi connectivity index (χ1n) is 8.10. The Morgan fingerprint density at radius 2 is 1.95 bits per heavy atom. The Morgan fingerprint density at radius 1 is 1.18 bits per heavy atom. The SMILES string of the molecule is COc1ccc2[nH]c(CN3C[C@@H]4C5C=CC(C5)[C@@H]4C3)nc2n1. The van der Waals surface area contributed by atoms with E-state index in [4.69, 9.17) is 4.74 Å². The molecule has 5 heteroatoms. The Kier molecular flexibility index (Phi) is 2.62. The number of methoxy groups -OCH3 is 1. The van der Waals surface area contributed by atoms with Crippen molar-refractivity contribution in [1.29, 1.82) is 0 Å². The normalized spacial score (nSPS) is 33.0. The summed E-state index contributed by atoms with van der Waals surface area (Å²) in [7, 11) is 1.63. The summed E-state index contributed by atoms with van der Waals surface area (Å²) in [5.41, 5.74) is 1.73. The van der Waals surface area contributed by atoms with Crippen LogP contribution >= 0.6 is 0 Å². The number of H-pyrrole nitrogens is 1. The molecule has 1 N–H and O–H groups in total. The molecule has 2 aromatic heterocycles. The third-order valence-corrected chi connectivity index (χ3v) is 5.69. The molecule has 0 radical (unpaired) electrons. The molecule has 5 nitrogen and oxygen atoms in total. The zero-order valence-electron chi connectivity index (χ0n) is 12.7. The Bertz CT molecular complexity index is 732. The lowest BCUT2D eigenvalue weighted by Crippen LogP contribution is -2.23. The lowest BCUT2D eigenvalue weighted by atomic mass is 9.86. The van der Waals surface area contributed by atoms with Gasteiger partial charge >= 0.3 is 0 Å². The highest BCUT2D eigenvalue weighted by atomic mass is 16.5. The summed E-state index contributed by atoms with van der Waals surface area (Å²) in [6.45, 7) is 3.32. The summed E-state index contributed by atoms with van der Waals surface area (Å²) in [6.07, 6.45) is 6.30. The van der Waals surface area contributed by atoms with Crippen LogP contribution in [0.4, 0.5) is 0 Å². The number of likely N-dealkylation sites (tertiary alicyclic amines) is 1. The second-order valence-corrected chi connectivity index (χ2v) is 6.88. The number of aromatic amines is 1. The third kappa shape index (κ3) is 1.81. The maximum atomic E-state index is 5.16. The Hall–Kier alpha value is -1.88. The van der Waals surface area contributed by atoms with Crippen molar-refractivity contribution < 1.29 is 4.74 Å². The molecule has 0 aromatic carbocycles. The van der Waals surface area contributed by atoms with Gasteiger partial charge in [0.2, 0.25) is 5.88 Å². The van der Waals surface area contributed by atoms with Crippen molar-refractivity contribution in [3.8, 4) is 5.88 Å². The summed E-state index contributed by atoms with van der Waals surface area (Å²) >= 11 is 0. The minimum atomic E-state index is 0.615. The molecular formula is C17H20N4O. The van der Waals surface area contributed by atoms with Gasteiger partial charge in [-0.1, -0.05) is 12.2 Å². The molecule has 2 bridgehead atoms. The zero-order chi connectivity index (χ0) is 14.7. The van der Waals surface area contributed by atoms with Gasteiger partial charge in [0, 0.05) is 19.2 Å². The van der Waals surface area contributed by atoms with Gasteiger partial charge in [-0.15, -0.1) is 0 Å². The first-order valence-corrected chi connectivity index (χ1v) is 8.10. The van der Waals surface area contributed by atoms with Crippen LogP contribution in [0.1, 0.15) is 12.2 Å². The van der Waals surface area contributed by atoms with Crippen molar-refractivity contribution in [3.05, 3.63) is 30.1 Å². The molecule has 1 saturated heterocycles. The summed E-state index contributed by atoms with van der Waals surface area (Å²) in [4.78, 5) is 15.0. The average molecular weight is 296 g/mol. The van der Waals surface area contributed by atoms with Crippen LogP contribution in [0.25, 0.3) is 11.2 Å². The molecule has 0 amide bonds. The number of fused-ring (bicyclic) bond motifs is 6. The smallest absolute Gasteiger partial charge is 0.215 e. The molecule has 3 heterocycles. The molecule has 0 spiro atoms. The van der Waals surface area contributed by atoms with Crippen molar-refractivity contribution in [2.75, 3.05) is 20.2 Å². The summed E-state index contributed by atoms with van der Waals surface area (Å²) in [6, 6.07) is 3.86. The van der Waals surface area contributed by atoms with Crippen molar-refractivity contribution in [3.63, 3.8) is 0 Å². The number of pyridine rings is 1. The molecule has 22 heavy (non-hydrogen) atoms. The van der Waals surface area contributed by atoms with Gasteiger partial charge < -0.3 is 9.72 Å². The van der Waals surface area contributed by atoms with Crippen LogP contribution in [0.5, 0.6) is 5.88 Å². The van der Waals surface area contributed by atoms with Gasteiger partial charge in [-0.3, -0.25) is 4.90 Å². The van der Waals surface area contributed by atoms with Gasteiger partial charge in [0.25, 0.3) is 0 Å². The van der Waals surface area contributed by atoms with E-state index < -0.39 is 0 Å². The van der Waals surface area contributed by atoms with Gasteiger partial charge in [-0.25, -0.2) is 4.98 Å². The number of nitrogens with one attached hydrogen (secondary N) is 1. The van der Waals surface area contributed by atoms with Gasteiger partial charge in [0.1, 0.15) is 5.82 Å². The fraction of sp³-hybridized carbons (Fsp3) is 0.529. The van der Waals surface area contributed by atoms with Crippen LogP contribution in [-0.2, 0) is 6.54 Å². The van der Waals surface area contributed by atoms with Gasteiger partial charge in [0.15, 0.2) is 5.65 Å². The largest absolute Gasteiger partial charge is 0.481 e. The van der Waals surface area contributed by atoms with Crippen molar-refractivity contribution in [2.45, 2.75) is 13.0 Å². The van der Waals surface area contributed by atoms with E-state index in [2.05, 4.69) is 32.0 Å². The van der Waals surface area contributed by atoms with E-state index in [-0.39, 0.29) is 0 Å². The Morgan fingerprint density at radius 3 is 2.68 bits per heavy atom. The quantitative estimate of drug-likeness (QED) is 0.882. The van der Waals surface area contributed by atoms with Crippen molar-refractivity contribution >= 4 is 11.2 Å². The fourth-order valence-corrected chi connectivity index (χ4v) is 4.69. The number of aromatic nitrogens is 3.